The Labute approximate surface area is 185 Å². The molecule has 3 rings (SSSR count). The van der Waals surface area contributed by atoms with Gasteiger partial charge in [0.2, 0.25) is 0 Å². The quantitative estimate of drug-likeness (QED) is 0.397. The monoisotopic (exact) mass is 439 g/mol. The molecule has 0 unspecified atom stereocenters. The molecule has 1 heterocycles. The van der Waals surface area contributed by atoms with E-state index in [2.05, 4.69) is 5.43 Å². The molecule has 5 nitrogen and oxygen atoms in total. The smallest absolute Gasteiger partial charge is 0.280 e. The molecule has 0 fully saturated rings. The van der Waals surface area contributed by atoms with Crippen LogP contribution in [-0.2, 0) is 11.4 Å². The van der Waals surface area contributed by atoms with Crippen LogP contribution in [0.2, 0.25) is 10.0 Å². The molecular weight excluding hydrogens is 421 g/mol. The summed E-state index contributed by atoms with van der Waals surface area (Å²) in [6.07, 6.45) is 1.52. The van der Waals surface area contributed by atoms with Gasteiger partial charge in [0, 0.05) is 27.0 Å². The van der Waals surface area contributed by atoms with Gasteiger partial charge in [0.25, 0.3) is 5.91 Å². The van der Waals surface area contributed by atoms with Crippen LogP contribution < -0.4 is 10.2 Å². The largest absolute Gasteiger partial charge is 0.489 e. The zero-order chi connectivity index (χ0) is 21.7. The van der Waals surface area contributed by atoms with Crippen molar-refractivity contribution in [2.45, 2.75) is 20.5 Å². The van der Waals surface area contributed by atoms with E-state index in [4.69, 9.17) is 27.9 Å². The summed E-state index contributed by atoms with van der Waals surface area (Å²) < 4.78 is 7.44. The number of aromatic nitrogens is 1. The van der Waals surface area contributed by atoms with Crippen molar-refractivity contribution in [3.05, 3.63) is 92.7 Å². The lowest BCUT2D eigenvalue weighted by atomic mass is 10.1. The van der Waals surface area contributed by atoms with Crippen LogP contribution in [0.25, 0.3) is 6.08 Å². The lowest BCUT2D eigenvalue weighted by Gasteiger charge is -2.11. The highest BCUT2D eigenvalue weighted by atomic mass is 35.5. The SMILES string of the molecule is Cc1ccc(C)n1NC(=O)/C(C#N)=C\c1cccc(OCc2ccc(Cl)cc2Cl)c1. The van der Waals surface area contributed by atoms with E-state index in [0.717, 1.165) is 17.0 Å². The van der Waals surface area contributed by atoms with Crippen molar-refractivity contribution in [3.63, 3.8) is 0 Å². The maximum atomic E-state index is 12.5. The first-order valence-corrected chi connectivity index (χ1v) is 9.88. The number of aryl methyl sites for hydroxylation is 2. The average molecular weight is 440 g/mol. The fourth-order valence-electron chi connectivity index (χ4n) is 2.82. The highest BCUT2D eigenvalue weighted by molar-refractivity contribution is 6.35. The molecule has 0 aliphatic heterocycles. The van der Waals surface area contributed by atoms with Crippen LogP contribution in [0.4, 0.5) is 0 Å². The molecule has 0 aliphatic carbocycles. The first kappa shape index (κ1) is 21.5. The van der Waals surface area contributed by atoms with Crippen molar-refractivity contribution in [1.82, 2.24) is 4.68 Å². The number of carbonyl (C=O) groups excluding carboxylic acids is 1. The third-order valence-corrected chi connectivity index (χ3v) is 5.02. The van der Waals surface area contributed by atoms with Gasteiger partial charge in [-0.1, -0.05) is 41.4 Å². The summed E-state index contributed by atoms with van der Waals surface area (Å²) in [6.45, 7) is 4.01. The van der Waals surface area contributed by atoms with Crippen LogP contribution in [0.3, 0.4) is 0 Å². The normalized spacial score (nSPS) is 11.1. The van der Waals surface area contributed by atoms with Crippen LogP contribution in [0, 0.1) is 25.2 Å². The van der Waals surface area contributed by atoms with Crippen molar-refractivity contribution >= 4 is 35.2 Å². The summed E-state index contributed by atoms with van der Waals surface area (Å²) in [5, 5.41) is 10.5. The van der Waals surface area contributed by atoms with Crippen molar-refractivity contribution in [2.75, 3.05) is 5.43 Å². The second-order valence-corrected chi connectivity index (χ2v) is 7.50. The maximum absolute atomic E-state index is 12.5. The van der Waals surface area contributed by atoms with Gasteiger partial charge in [-0.15, -0.1) is 0 Å². The van der Waals surface area contributed by atoms with Gasteiger partial charge in [-0.05, 0) is 61.9 Å². The molecule has 0 atom stereocenters. The zero-order valence-corrected chi connectivity index (χ0v) is 18.0. The summed E-state index contributed by atoms with van der Waals surface area (Å²) >= 11 is 12.1. The number of benzene rings is 2. The number of hydrogen-bond acceptors (Lipinski definition) is 3. The van der Waals surface area contributed by atoms with E-state index >= 15 is 0 Å². The van der Waals surface area contributed by atoms with Gasteiger partial charge >= 0.3 is 0 Å². The number of amides is 1. The predicted octanol–water partition coefficient (Wildman–Crippen LogP) is 5.67. The average Bonchev–Trinajstić information content (AvgIpc) is 3.03. The fraction of sp³-hybridized carbons (Fsp3) is 0.130. The molecule has 1 N–H and O–H groups in total. The molecule has 7 heteroatoms. The molecule has 0 radical (unpaired) electrons. The van der Waals surface area contributed by atoms with E-state index in [9.17, 15) is 10.1 Å². The maximum Gasteiger partial charge on any atom is 0.280 e. The molecule has 3 aromatic rings. The second-order valence-electron chi connectivity index (χ2n) is 6.66. The van der Waals surface area contributed by atoms with Crippen LogP contribution in [-0.4, -0.2) is 10.6 Å². The molecular formula is C23H19Cl2N3O2. The van der Waals surface area contributed by atoms with Gasteiger partial charge in [-0.3, -0.25) is 14.9 Å². The third kappa shape index (κ3) is 5.24. The van der Waals surface area contributed by atoms with Gasteiger partial charge in [0.1, 0.15) is 24.0 Å². The zero-order valence-electron chi connectivity index (χ0n) is 16.4. The number of nitrogens with one attached hydrogen (secondary N) is 1. The fourth-order valence-corrected chi connectivity index (χ4v) is 3.28. The second kappa shape index (κ2) is 9.53. The predicted molar refractivity (Wildman–Crippen MR) is 119 cm³/mol. The van der Waals surface area contributed by atoms with Crippen LogP contribution in [0.5, 0.6) is 5.75 Å². The third-order valence-electron chi connectivity index (χ3n) is 4.43. The summed E-state index contributed by atoms with van der Waals surface area (Å²) in [7, 11) is 0. The van der Waals surface area contributed by atoms with Crippen LogP contribution >= 0.6 is 23.2 Å². The molecule has 0 bridgehead atoms. The van der Waals surface area contributed by atoms with Crippen molar-refractivity contribution < 1.29 is 9.53 Å². The first-order chi connectivity index (χ1) is 14.4. The lowest BCUT2D eigenvalue weighted by Crippen LogP contribution is -2.25. The number of carbonyl (C=O) groups is 1. The molecule has 0 saturated carbocycles. The summed E-state index contributed by atoms with van der Waals surface area (Å²) in [5.74, 6) is 0.101. The minimum absolute atomic E-state index is 0.0135. The Kier molecular flexibility index (Phi) is 6.83. The van der Waals surface area contributed by atoms with E-state index in [1.54, 1.807) is 47.1 Å². The summed E-state index contributed by atoms with van der Waals surface area (Å²) in [6, 6.07) is 18.1. The topological polar surface area (TPSA) is 67.0 Å². The van der Waals surface area contributed by atoms with E-state index in [0.29, 0.717) is 21.4 Å². The number of hydrogen-bond donors (Lipinski definition) is 1. The molecule has 30 heavy (non-hydrogen) atoms. The number of nitrogens with zero attached hydrogens (tertiary/aromatic N) is 2. The van der Waals surface area contributed by atoms with Gasteiger partial charge < -0.3 is 4.74 Å². The molecule has 1 amide bonds. The molecule has 1 aromatic heterocycles. The molecule has 152 valence electrons. The van der Waals surface area contributed by atoms with Gasteiger partial charge in [0.05, 0.1) is 0 Å². The lowest BCUT2D eigenvalue weighted by molar-refractivity contribution is -0.113. The molecule has 0 saturated heterocycles. The van der Waals surface area contributed by atoms with Gasteiger partial charge in [0.15, 0.2) is 0 Å². The Bertz CT molecular complexity index is 1140. The number of rotatable bonds is 6. The van der Waals surface area contributed by atoms with Crippen LogP contribution in [0.15, 0.2) is 60.2 Å². The number of nitriles is 1. The Hall–Kier alpha value is -3.20. The minimum atomic E-state index is -0.487. The summed E-state index contributed by atoms with van der Waals surface area (Å²) in [5.41, 5.74) is 5.93. The highest BCUT2D eigenvalue weighted by Gasteiger charge is 2.12. The van der Waals surface area contributed by atoms with E-state index in [1.807, 2.05) is 32.0 Å². The highest BCUT2D eigenvalue weighted by Crippen LogP contribution is 2.23. The van der Waals surface area contributed by atoms with Gasteiger partial charge in [-0.2, -0.15) is 5.26 Å². The van der Waals surface area contributed by atoms with E-state index in [-0.39, 0.29) is 12.2 Å². The minimum Gasteiger partial charge on any atom is -0.489 e. The molecule has 0 aliphatic rings. The first-order valence-electron chi connectivity index (χ1n) is 9.12. The Morgan fingerprint density at radius 3 is 2.53 bits per heavy atom. The van der Waals surface area contributed by atoms with Crippen molar-refractivity contribution in [3.8, 4) is 11.8 Å². The number of halogens is 2. The summed E-state index contributed by atoms with van der Waals surface area (Å²) in [4.78, 5) is 12.5. The van der Waals surface area contributed by atoms with E-state index < -0.39 is 5.91 Å². The molecule has 2 aromatic carbocycles. The molecule has 0 spiro atoms. The van der Waals surface area contributed by atoms with Gasteiger partial charge in [-0.25, -0.2) is 0 Å². The van der Waals surface area contributed by atoms with Crippen LogP contribution in [0.1, 0.15) is 22.5 Å². The van der Waals surface area contributed by atoms with E-state index in [1.165, 1.54) is 6.08 Å². The van der Waals surface area contributed by atoms with Crippen molar-refractivity contribution in [1.29, 1.82) is 5.26 Å². The Morgan fingerprint density at radius 2 is 1.87 bits per heavy atom. The number of ether oxygens (including phenoxy) is 1. The standard InChI is InChI=1S/C23H19Cl2N3O2/c1-15-6-7-16(2)28(15)27-23(29)19(13-26)10-17-4-3-5-21(11-17)30-14-18-8-9-20(24)12-22(18)25/h3-12H,14H2,1-2H3,(H,27,29)/b19-10-. The Morgan fingerprint density at radius 1 is 1.13 bits per heavy atom. The Balaban J connectivity index is 1.74. The van der Waals surface area contributed by atoms with Crippen molar-refractivity contribution in [2.24, 2.45) is 0 Å².